The topological polar surface area (TPSA) is 53.1 Å². The van der Waals surface area contributed by atoms with E-state index in [4.69, 9.17) is 10.5 Å². The predicted octanol–water partition coefficient (Wildman–Crippen LogP) is 0.592. The quantitative estimate of drug-likeness (QED) is 0.727. The van der Waals surface area contributed by atoms with Crippen LogP contribution in [0.5, 0.6) is 0 Å². The van der Waals surface area contributed by atoms with E-state index < -0.39 is 0 Å². The van der Waals surface area contributed by atoms with Gasteiger partial charge in [-0.05, 0) is 13.5 Å². The second kappa shape index (κ2) is 4.99. The minimum atomic E-state index is 0.328. The molecule has 2 N–H and O–H groups in total. The SMILES string of the molecule is COCC(C)n1ccnc1CCN. The van der Waals surface area contributed by atoms with Gasteiger partial charge < -0.3 is 15.0 Å². The zero-order valence-corrected chi connectivity index (χ0v) is 8.23. The molecule has 4 heteroatoms. The molecule has 1 atom stereocenters. The van der Waals surface area contributed by atoms with Crippen molar-refractivity contribution in [1.29, 1.82) is 0 Å². The lowest BCUT2D eigenvalue weighted by molar-refractivity contribution is 0.161. The minimum absolute atomic E-state index is 0.328. The number of nitrogens with two attached hydrogens (primary N) is 1. The molecule has 0 aromatic carbocycles. The van der Waals surface area contributed by atoms with Gasteiger partial charge in [-0.2, -0.15) is 0 Å². The van der Waals surface area contributed by atoms with Crippen molar-refractivity contribution in [2.24, 2.45) is 5.73 Å². The smallest absolute Gasteiger partial charge is 0.110 e. The van der Waals surface area contributed by atoms with Gasteiger partial charge in [0.05, 0.1) is 12.6 Å². The van der Waals surface area contributed by atoms with E-state index in [9.17, 15) is 0 Å². The third-order valence-corrected chi connectivity index (χ3v) is 2.00. The van der Waals surface area contributed by atoms with Gasteiger partial charge in [0.2, 0.25) is 0 Å². The standard InChI is InChI=1S/C9H17N3O/c1-8(7-13-2)12-6-5-11-9(12)3-4-10/h5-6,8H,3-4,7,10H2,1-2H3. The van der Waals surface area contributed by atoms with Gasteiger partial charge in [0.25, 0.3) is 0 Å². The van der Waals surface area contributed by atoms with E-state index in [1.54, 1.807) is 13.3 Å². The van der Waals surface area contributed by atoms with Crippen molar-refractivity contribution >= 4 is 0 Å². The summed E-state index contributed by atoms with van der Waals surface area (Å²) in [6.45, 7) is 3.44. The highest BCUT2D eigenvalue weighted by Crippen LogP contribution is 2.09. The second-order valence-electron chi connectivity index (χ2n) is 3.09. The second-order valence-corrected chi connectivity index (χ2v) is 3.09. The van der Waals surface area contributed by atoms with Crippen LogP contribution in [0.15, 0.2) is 12.4 Å². The number of imidazole rings is 1. The average molecular weight is 183 g/mol. The maximum Gasteiger partial charge on any atom is 0.110 e. The fourth-order valence-electron chi connectivity index (χ4n) is 1.39. The predicted molar refractivity (Wildman–Crippen MR) is 51.6 cm³/mol. The fraction of sp³-hybridized carbons (Fsp3) is 0.667. The lowest BCUT2D eigenvalue weighted by Gasteiger charge is -2.14. The zero-order valence-electron chi connectivity index (χ0n) is 8.23. The van der Waals surface area contributed by atoms with E-state index in [1.165, 1.54) is 0 Å². The van der Waals surface area contributed by atoms with Gasteiger partial charge in [-0.15, -0.1) is 0 Å². The molecule has 0 amide bonds. The lowest BCUT2D eigenvalue weighted by atomic mass is 10.3. The van der Waals surface area contributed by atoms with Crippen molar-refractivity contribution in [2.75, 3.05) is 20.3 Å². The van der Waals surface area contributed by atoms with E-state index in [-0.39, 0.29) is 0 Å². The summed E-state index contributed by atoms with van der Waals surface area (Å²) in [5, 5.41) is 0. The average Bonchev–Trinajstić information content (AvgIpc) is 2.54. The minimum Gasteiger partial charge on any atom is -0.383 e. The van der Waals surface area contributed by atoms with Crippen LogP contribution in [0.4, 0.5) is 0 Å². The summed E-state index contributed by atoms with van der Waals surface area (Å²) in [5.74, 6) is 1.03. The van der Waals surface area contributed by atoms with E-state index in [0.29, 0.717) is 19.2 Å². The summed E-state index contributed by atoms with van der Waals surface area (Å²) in [5.41, 5.74) is 5.48. The molecule has 1 rings (SSSR count). The number of hydrogen-bond acceptors (Lipinski definition) is 3. The molecule has 0 saturated carbocycles. The largest absolute Gasteiger partial charge is 0.383 e. The number of rotatable bonds is 5. The molecule has 0 spiro atoms. The first-order chi connectivity index (χ1) is 6.29. The maximum absolute atomic E-state index is 5.48. The Morgan fingerprint density at radius 1 is 1.69 bits per heavy atom. The normalized spacial score (nSPS) is 13.2. The van der Waals surface area contributed by atoms with Gasteiger partial charge in [0, 0.05) is 25.9 Å². The van der Waals surface area contributed by atoms with Gasteiger partial charge in [0.1, 0.15) is 5.82 Å². The first-order valence-electron chi connectivity index (χ1n) is 4.50. The van der Waals surface area contributed by atoms with Crippen LogP contribution in [-0.4, -0.2) is 29.8 Å². The highest BCUT2D eigenvalue weighted by atomic mass is 16.5. The third kappa shape index (κ3) is 2.54. The highest BCUT2D eigenvalue weighted by molar-refractivity contribution is 4.95. The Morgan fingerprint density at radius 3 is 3.08 bits per heavy atom. The molecule has 0 fully saturated rings. The van der Waals surface area contributed by atoms with Crippen LogP contribution in [-0.2, 0) is 11.2 Å². The molecule has 1 aromatic rings. The van der Waals surface area contributed by atoms with Crippen molar-refractivity contribution in [3.63, 3.8) is 0 Å². The Balaban J connectivity index is 2.68. The summed E-state index contributed by atoms with van der Waals surface area (Å²) in [4.78, 5) is 4.24. The summed E-state index contributed by atoms with van der Waals surface area (Å²) >= 11 is 0. The van der Waals surface area contributed by atoms with Crippen molar-refractivity contribution in [2.45, 2.75) is 19.4 Å². The molecule has 0 aliphatic rings. The molecule has 0 aliphatic carbocycles. The van der Waals surface area contributed by atoms with E-state index in [1.807, 2.05) is 6.20 Å². The highest BCUT2D eigenvalue weighted by Gasteiger charge is 2.08. The van der Waals surface area contributed by atoms with Crippen LogP contribution < -0.4 is 5.73 Å². The van der Waals surface area contributed by atoms with Crippen LogP contribution in [0.25, 0.3) is 0 Å². The van der Waals surface area contributed by atoms with Crippen molar-refractivity contribution in [3.8, 4) is 0 Å². The van der Waals surface area contributed by atoms with Crippen molar-refractivity contribution in [3.05, 3.63) is 18.2 Å². The third-order valence-electron chi connectivity index (χ3n) is 2.00. The van der Waals surface area contributed by atoms with E-state index >= 15 is 0 Å². The summed E-state index contributed by atoms with van der Waals surface area (Å²) in [6.07, 6.45) is 4.59. The molecule has 0 bridgehead atoms. The molecule has 0 aliphatic heterocycles. The number of methoxy groups -OCH3 is 1. The molecule has 4 nitrogen and oxygen atoms in total. The first-order valence-corrected chi connectivity index (χ1v) is 4.50. The molecule has 0 radical (unpaired) electrons. The van der Waals surface area contributed by atoms with Gasteiger partial charge in [-0.1, -0.05) is 0 Å². The van der Waals surface area contributed by atoms with Crippen LogP contribution in [0, 0.1) is 0 Å². The van der Waals surface area contributed by atoms with Gasteiger partial charge in [-0.25, -0.2) is 4.98 Å². The number of aromatic nitrogens is 2. The Morgan fingerprint density at radius 2 is 2.46 bits per heavy atom. The van der Waals surface area contributed by atoms with Crippen LogP contribution in [0.2, 0.25) is 0 Å². The molecule has 74 valence electrons. The molecule has 13 heavy (non-hydrogen) atoms. The van der Waals surface area contributed by atoms with Gasteiger partial charge >= 0.3 is 0 Å². The molecule has 1 heterocycles. The summed E-state index contributed by atoms with van der Waals surface area (Å²) in [7, 11) is 1.70. The molecule has 1 unspecified atom stereocenters. The van der Waals surface area contributed by atoms with Gasteiger partial charge in [0.15, 0.2) is 0 Å². The van der Waals surface area contributed by atoms with Crippen molar-refractivity contribution in [1.82, 2.24) is 9.55 Å². The van der Waals surface area contributed by atoms with Crippen LogP contribution in [0.3, 0.4) is 0 Å². The molecule has 1 aromatic heterocycles. The number of ether oxygens (including phenoxy) is 1. The monoisotopic (exact) mass is 183 g/mol. The number of nitrogens with zero attached hydrogens (tertiary/aromatic N) is 2. The van der Waals surface area contributed by atoms with Crippen LogP contribution in [0.1, 0.15) is 18.8 Å². The van der Waals surface area contributed by atoms with E-state index in [2.05, 4.69) is 16.5 Å². The van der Waals surface area contributed by atoms with Crippen molar-refractivity contribution < 1.29 is 4.74 Å². The first kappa shape index (κ1) is 10.2. The summed E-state index contributed by atoms with van der Waals surface area (Å²) in [6, 6.07) is 0.328. The fourth-order valence-corrected chi connectivity index (χ4v) is 1.39. The molecular formula is C9H17N3O. The Bertz CT molecular complexity index is 247. The van der Waals surface area contributed by atoms with Crippen LogP contribution >= 0.6 is 0 Å². The zero-order chi connectivity index (χ0) is 9.68. The molecular weight excluding hydrogens is 166 g/mol. The van der Waals surface area contributed by atoms with Gasteiger partial charge in [-0.3, -0.25) is 0 Å². The molecule has 0 saturated heterocycles. The Labute approximate surface area is 78.7 Å². The Kier molecular flexibility index (Phi) is 3.92. The maximum atomic E-state index is 5.48. The van der Waals surface area contributed by atoms with E-state index in [0.717, 1.165) is 12.2 Å². The summed E-state index contributed by atoms with van der Waals surface area (Å²) < 4.78 is 7.19. The number of hydrogen-bond donors (Lipinski definition) is 1. The Hall–Kier alpha value is -0.870. The lowest BCUT2D eigenvalue weighted by Crippen LogP contribution is -2.15.